The molecule has 0 aliphatic carbocycles. The summed E-state index contributed by atoms with van der Waals surface area (Å²) in [6.45, 7) is 0. The third kappa shape index (κ3) is 1.44. The average Bonchev–Trinajstić information content (AvgIpc) is 2.53. The van der Waals surface area contributed by atoms with Crippen molar-refractivity contribution in [3.05, 3.63) is 72.3 Å². The second-order valence-corrected chi connectivity index (χ2v) is 5.00. The van der Waals surface area contributed by atoms with Gasteiger partial charge in [-0.3, -0.25) is 0 Å². The van der Waals surface area contributed by atoms with Gasteiger partial charge in [-0.05, 0) is 38.4 Å². The lowest BCUT2D eigenvalue weighted by atomic mass is 9.94. The molecule has 0 N–H and O–H groups in total. The van der Waals surface area contributed by atoms with Crippen molar-refractivity contribution in [3.8, 4) is 12.3 Å². The molecule has 0 saturated carbocycles. The van der Waals surface area contributed by atoms with Crippen LogP contribution in [0, 0.1) is 12.3 Å². The molecule has 0 aliphatic heterocycles. The monoisotopic (exact) mass is 252 g/mol. The fourth-order valence-corrected chi connectivity index (χ4v) is 2.98. The molecule has 0 amide bonds. The van der Waals surface area contributed by atoms with Crippen molar-refractivity contribution in [2.45, 2.75) is 0 Å². The summed E-state index contributed by atoms with van der Waals surface area (Å²) in [5, 5.41) is 7.38. The minimum Gasteiger partial charge on any atom is -0.115 e. The summed E-state index contributed by atoms with van der Waals surface area (Å²) in [4.78, 5) is 0. The molecule has 0 heteroatoms. The highest BCUT2D eigenvalue weighted by Gasteiger charge is 2.07. The van der Waals surface area contributed by atoms with Gasteiger partial charge in [0.15, 0.2) is 0 Å². The van der Waals surface area contributed by atoms with Crippen LogP contribution in [-0.4, -0.2) is 0 Å². The summed E-state index contributed by atoms with van der Waals surface area (Å²) in [6, 6.07) is 23.3. The predicted molar refractivity (Wildman–Crippen MR) is 86.9 cm³/mol. The van der Waals surface area contributed by atoms with Gasteiger partial charge in [-0.2, -0.15) is 0 Å². The van der Waals surface area contributed by atoms with Crippen molar-refractivity contribution >= 4 is 32.3 Å². The molecule has 0 bridgehead atoms. The van der Waals surface area contributed by atoms with Crippen molar-refractivity contribution in [1.82, 2.24) is 0 Å². The van der Waals surface area contributed by atoms with Crippen molar-refractivity contribution in [3.63, 3.8) is 0 Å². The molecule has 0 aliphatic rings. The zero-order chi connectivity index (χ0) is 13.5. The van der Waals surface area contributed by atoms with E-state index in [0.717, 1.165) is 10.9 Å². The van der Waals surface area contributed by atoms with E-state index in [-0.39, 0.29) is 0 Å². The maximum Gasteiger partial charge on any atom is 0.0327 e. The zero-order valence-corrected chi connectivity index (χ0v) is 10.9. The Morgan fingerprint density at radius 2 is 1.25 bits per heavy atom. The van der Waals surface area contributed by atoms with E-state index in [0.29, 0.717) is 0 Å². The van der Waals surface area contributed by atoms with Crippen LogP contribution in [0.5, 0.6) is 0 Å². The number of benzene rings is 4. The van der Waals surface area contributed by atoms with Crippen molar-refractivity contribution in [2.75, 3.05) is 0 Å². The Bertz CT molecular complexity index is 1000. The van der Waals surface area contributed by atoms with Crippen LogP contribution < -0.4 is 0 Å². The molecule has 0 heterocycles. The minimum absolute atomic E-state index is 0.962. The van der Waals surface area contributed by atoms with Crippen LogP contribution >= 0.6 is 0 Å². The summed E-state index contributed by atoms with van der Waals surface area (Å²) < 4.78 is 0. The molecule has 0 nitrogen and oxygen atoms in total. The maximum atomic E-state index is 5.70. The first-order valence-electron chi connectivity index (χ1n) is 6.68. The molecule has 4 aromatic rings. The number of hydrogen-bond donors (Lipinski definition) is 0. The zero-order valence-electron chi connectivity index (χ0n) is 10.9. The number of terminal acetylenes is 1. The lowest BCUT2D eigenvalue weighted by Gasteiger charge is -2.09. The first-order valence-corrected chi connectivity index (χ1v) is 6.68. The van der Waals surface area contributed by atoms with Gasteiger partial charge in [-0.15, -0.1) is 6.42 Å². The van der Waals surface area contributed by atoms with Gasteiger partial charge < -0.3 is 0 Å². The van der Waals surface area contributed by atoms with Crippen LogP contribution in [0.1, 0.15) is 5.56 Å². The molecule has 0 unspecified atom stereocenters. The first kappa shape index (κ1) is 11.1. The van der Waals surface area contributed by atoms with Gasteiger partial charge in [0.2, 0.25) is 0 Å². The Morgan fingerprint density at radius 3 is 2.05 bits per heavy atom. The molecule has 0 aromatic heterocycles. The van der Waals surface area contributed by atoms with Crippen LogP contribution in [0.15, 0.2) is 66.7 Å². The summed E-state index contributed by atoms with van der Waals surface area (Å²) >= 11 is 0. The SMILES string of the molecule is C#Cc1cc2c3ccccc3ccc2c2ccccc12. The minimum atomic E-state index is 0.962. The normalized spacial score (nSPS) is 10.9. The Labute approximate surface area is 117 Å². The molecule has 0 saturated heterocycles. The van der Waals surface area contributed by atoms with Gasteiger partial charge in [-0.25, -0.2) is 0 Å². The first-order chi connectivity index (χ1) is 9.88. The Morgan fingerprint density at radius 1 is 0.600 bits per heavy atom. The second-order valence-electron chi connectivity index (χ2n) is 5.00. The van der Waals surface area contributed by atoms with Gasteiger partial charge in [-0.1, -0.05) is 66.6 Å². The highest BCUT2D eigenvalue weighted by Crippen LogP contribution is 2.33. The summed E-state index contributed by atoms with van der Waals surface area (Å²) in [5.41, 5.74) is 0.962. The fraction of sp³-hybridized carbons (Fsp3) is 0. The smallest absolute Gasteiger partial charge is 0.0327 e. The van der Waals surface area contributed by atoms with E-state index in [1.54, 1.807) is 0 Å². The van der Waals surface area contributed by atoms with Crippen LogP contribution in [0.3, 0.4) is 0 Å². The van der Waals surface area contributed by atoms with Gasteiger partial charge >= 0.3 is 0 Å². The van der Waals surface area contributed by atoms with E-state index < -0.39 is 0 Å². The lowest BCUT2D eigenvalue weighted by Crippen LogP contribution is -1.84. The molecule has 0 fully saturated rings. The lowest BCUT2D eigenvalue weighted by molar-refractivity contribution is 1.74. The highest BCUT2D eigenvalue weighted by atomic mass is 14.1. The fourth-order valence-electron chi connectivity index (χ4n) is 2.98. The average molecular weight is 252 g/mol. The number of fused-ring (bicyclic) bond motifs is 5. The van der Waals surface area contributed by atoms with Gasteiger partial charge in [0.05, 0.1) is 0 Å². The van der Waals surface area contributed by atoms with E-state index in [2.05, 4.69) is 66.6 Å². The third-order valence-corrected chi connectivity index (χ3v) is 3.92. The van der Waals surface area contributed by atoms with Gasteiger partial charge in [0, 0.05) is 5.56 Å². The van der Waals surface area contributed by atoms with Crippen molar-refractivity contribution in [1.29, 1.82) is 0 Å². The predicted octanol–water partition coefficient (Wildman–Crippen LogP) is 5.13. The molecule has 4 rings (SSSR count). The molecule has 20 heavy (non-hydrogen) atoms. The maximum absolute atomic E-state index is 5.70. The van der Waals surface area contributed by atoms with E-state index in [1.165, 1.54) is 26.9 Å². The van der Waals surface area contributed by atoms with Crippen LogP contribution in [-0.2, 0) is 0 Å². The molecular formula is C20H12. The molecule has 0 radical (unpaired) electrons. The molecule has 0 atom stereocenters. The topological polar surface area (TPSA) is 0 Å². The van der Waals surface area contributed by atoms with Crippen LogP contribution in [0.25, 0.3) is 32.3 Å². The largest absolute Gasteiger partial charge is 0.115 e. The summed E-state index contributed by atoms with van der Waals surface area (Å²) in [7, 11) is 0. The Kier molecular flexibility index (Phi) is 2.28. The standard InChI is InChI=1S/C20H12/c1-2-14-13-20-17-9-4-3-7-15(17)11-12-19(20)18-10-6-5-8-16(14)18/h1,3-13H. The summed E-state index contributed by atoms with van der Waals surface area (Å²) in [5.74, 6) is 2.83. The van der Waals surface area contributed by atoms with Crippen molar-refractivity contribution < 1.29 is 0 Å². The van der Waals surface area contributed by atoms with E-state index in [1.807, 2.05) is 6.07 Å². The van der Waals surface area contributed by atoms with Crippen LogP contribution in [0.2, 0.25) is 0 Å². The van der Waals surface area contributed by atoms with Gasteiger partial charge in [0.1, 0.15) is 0 Å². The molecule has 4 aromatic carbocycles. The molecule has 92 valence electrons. The Balaban J connectivity index is 2.35. The van der Waals surface area contributed by atoms with E-state index >= 15 is 0 Å². The van der Waals surface area contributed by atoms with E-state index in [4.69, 9.17) is 6.42 Å². The second kappa shape index (κ2) is 4.11. The van der Waals surface area contributed by atoms with Gasteiger partial charge in [0.25, 0.3) is 0 Å². The molecular weight excluding hydrogens is 240 g/mol. The van der Waals surface area contributed by atoms with Crippen LogP contribution in [0.4, 0.5) is 0 Å². The Hall–Kier alpha value is -2.78. The number of hydrogen-bond acceptors (Lipinski definition) is 0. The number of rotatable bonds is 0. The van der Waals surface area contributed by atoms with Crippen molar-refractivity contribution in [2.24, 2.45) is 0 Å². The van der Waals surface area contributed by atoms with E-state index in [9.17, 15) is 0 Å². The molecule has 0 spiro atoms. The summed E-state index contributed by atoms with van der Waals surface area (Å²) in [6.07, 6.45) is 5.70. The highest BCUT2D eigenvalue weighted by molar-refractivity contribution is 6.18. The quantitative estimate of drug-likeness (QED) is 0.301. The third-order valence-electron chi connectivity index (χ3n) is 3.92.